The number of aryl methyl sites for hydroxylation is 4. The Balaban J connectivity index is 0.000000531. The summed E-state index contributed by atoms with van der Waals surface area (Å²) in [6.07, 6.45) is 16.0. The van der Waals surface area contributed by atoms with Crippen LogP contribution >= 0.6 is 50.7 Å². The molecule has 0 radical (unpaired) electrons. The molecule has 0 aliphatic heterocycles. The van der Waals surface area contributed by atoms with Crippen LogP contribution in [-0.4, -0.2) is 93.6 Å². The van der Waals surface area contributed by atoms with Crippen molar-refractivity contribution < 1.29 is 55.1 Å². The number of ether oxygens (including phenoxy) is 6. The quantitative estimate of drug-likeness (QED) is 0.00291. The molecule has 0 aliphatic rings. The van der Waals surface area contributed by atoms with Gasteiger partial charge in [0, 0.05) is 96.0 Å². The van der Waals surface area contributed by atoms with E-state index in [2.05, 4.69) is 191 Å². The number of nitrogens with two attached hydrogens (primary N) is 6. The molecule has 134 heavy (non-hydrogen) atoms. The highest BCUT2D eigenvalue weighted by Gasteiger charge is 2.25. The summed E-state index contributed by atoms with van der Waals surface area (Å²) in [5.74, 6) is 0. The van der Waals surface area contributed by atoms with Gasteiger partial charge in [-0.05, 0) is 329 Å². The lowest BCUT2D eigenvalue weighted by molar-refractivity contribution is -0.0295. The summed E-state index contributed by atoms with van der Waals surface area (Å²) < 4.78 is 41.7. The zero-order valence-electron chi connectivity index (χ0n) is 83.2. The summed E-state index contributed by atoms with van der Waals surface area (Å²) in [4.78, 5) is 55.9. The minimum atomic E-state index is -1.06. The predicted molar refractivity (Wildman–Crippen MR) is 579 cm³/mol. The molecule has 1 unspecified atom stereocenters. The first kappa shape index (κ1) is 114. The topological polar surface area (TPSA) is 381 Å². The van der Waals surface area contributed by atoms with E-state index in [0.29, 0.717) is 34.1 Å². The van der Waals surface area contributed by atoms with Crippen molar-refractivity contribution >= 4 is 155 Å². The highest BCUT2D eigenvalue weighted by atomic mass is 127. The molecule has 24 nitrogen and oxygen atoms in total. The van der Waals surface area contributed by atoms with E-state index in [1.807, 2.05) is 129 Å². The second-order valence-corrected chi connectivity index (χ2v) is 37.0. The lowest BCUT2D eigenvalue weighted by atomic mass is 10.1. The molecule has 0 spiro atoms. The second-order valence-electron chi connectivity index (χ2n) is 35.8. The highest BCUT2D eigenvalue weighted by Crippen LogP contribution is 2.23. The van der Waals surface area contributed by atoms with Gasteiger partial charge >= 0.3 is 30.6 Å². The van der Waals surface area contributed by atoms with Crippen molar-refractivity contribution in [3.63, 3.8) is 0 Å². The van der Waals surface area contributed by atoms with Crippen LogP contribution in [-0.2, 0) is 54.1 Å². The summed E-state index contributed by atoms with van der Waals surface area (Å²) in [5, 5.41) is 22.6. The maximum Gasteiger partial charge on any atom is 0.519 e. The molecule has 730 valence electrons. The number of unbranched alkanes of at least 4 members (excludes halogenated alkanes) is 8. The molecular weight excluding hydrogens is 1880 g/mol. The Hall–Kier alpha value is -12.0. The van der Waals surface area contributed by atoms with Crippen LogP contribution in [0.25, 0.3) is 0 Å². The molecule has 0 bridgehead atoms. The number of hydrogen-bond donors (Lipinski definition) is 13. The molecular formula is C107H151BrIN13O11S. The second kappa shape index (κ2) is 67.3. The number of nitrogen functional groups attached to an aromatic ring is 5. The number of rotatable bonds is 30. The number of nitrogens with one attached hydrogen (secondary N) is 7. The first-order valence-corrected chi connectivity index (χ1v) is 48.0. The summed E-state index contributed by atoms with van der Waals surface area (Å²) >= 11 is 9.96. The van der Waals surface area contributed by atoms with Gasteiger partial charge in [-0.25, -0.2) is 24.0 Å². The maximum absolute atomic E-state index is 11.8. The summed E-state index contributed by atoms with van der Waals surface area (Å²) in [6.45, 7) is 29.3. The first-order chi connectivity index (χ1) is 64.2. The van der Waals surface area contributed by atoms with Crippen molar-refractivity contribution in [1.82, 2.24) is 0 Å². The normalized spacial score (nSPS) is 11.0. The molecule has 0 saturated carbocycles. The van der Waals surface area contributed by atoms with E-state index >= 15 is 0 Å². The third-order valence-electron chi connectivity index (χ3n) is 17.3. The number of anilines is 12. The number of halogens is 2. The molecule has 27 heteroatoms. The summed E-state index contributed by atoms with van der Waals surface area (Å²) in [5.41, 5.74) is 45.5. The van der Waals surface area contributed by atoms with Crippen LogP contribution in [0.2, 0.25) is 0 Å². The van der Waals surface area contributed by atoms with Crippen LogP contribution in [0.15, 0.2) is 267 Å². The van der Waals surface area contributed by atoms with Crippen molar-refractivity contribution in [2.75, 3.05) is 95.7 Å². The van der Waals surface area contributed by atoms with E-state index < -0.39 is 63.5 Å². The third kappa shape index (κ3) is 68.1. The SMILES string of the molecule is BrCCCCCc1ccccc1.CC(C)(C)OC(=O)Nc1cccc(N)c1.CC(C)(C)OC(=O)Nc1cccc(N)c1.CC(C)(C)OC(=O)Nc1cccc(NCCCCCc2ccccc2)c1.CC(C)(C)OC(=O)OC(=O)OC(C)(C)C.NC(=S)Nc1cccc(NCCCCCc2ccccc2)c1.Nc1cccc(N)c1.Nc1cccc(NCCCCCc2ccccc2)c1.[2H]C([3H])I. The molecule has 0 heterocycles. The molecule has 0 aliphatic carbocycles. The van der Waals surface area contributed by atoms with Crippen LogP contribution in [0.4, 0.5) is 92.2 Å². The largest absolute Gasteiger partial charge is 0.519 e. The number of benzene rings is 10. The number of thiocarbonyl (C=S) groups is 1. The molecule has 3 amide bonds. The van der Waals surface area contributed by atoms with Gasteiger partial charge in [-0.15, -0.1) is 0 Å². The van der Waals surface area contributed by atoms with Gasteiger partial charge in [-0.2, -0.15) is 0 Å². The fourth-order valence-corrected chi connectivity index (χ4v) is 12.2. The van der Waals surface area contributed by atoms with Gasteiger partial charge in [0.25, 0.3) is 0 Å². The molecule has 0 fully saturated rings. The Morgan fingerprint density at radius 2 is 0.545 bits per heavy atom. The van der Waals surface area contributed by atoms with Crippen molar-refractivity contribution in [2.45, 2.75) is 235 Å². The van der Waals surface area contributed by atoms with Crippen molar-refractivity contribution in [3.8, 4) is 0 Å². The zero-order chi connectivity index (χ0) is 101. The molecule has 19 N–H and O–H groups in total. The van der Waals surface area contributed by atoms with Crippen LogP contribution in [0.5, 0.6) is 0 Å². The Labute approximate surface area is 829 Å². The fraction of sp³-hybridized carbons (Fsp3) is 0.383. The van der Waals surface area contributed by atoms with E-state index in [1.165, 1.54) is 106 Å². The van der Waals surface area contributed by atoms with E-state index in [-0.39, 0.29) is 5.11 Å². The van der Waals surface area contributed by atoms with Gasteiger partial charge in [0.05, 0.1) is 0 Å². The smallest absolute Gasteiger partial charge is 0.444 e. The van der Waals surface area contributed by atoms with E-state index in [1.54, 1.807) is 131 Å². The number of carbonyl (C=O) groups excluding carboxylic acids is 5. The lowest BCUT2D eigenvalue weighted by Gasteiger charge is -2.20. The lowest BCUT2D eigenvalue weighted by Crippen LogP contribution is -2.29. The zero-order valence-corrected chi connectivity index (χ0v) is 85.8. The molecule has 10 rings (SSSR count). The van der Waals surface area contributed by atoms with Gasteiger partial charge < -0.3 is 84.1 Å². The highest BCUT2D eigenvalue weighted by molar-refractivity contribution is 14.1. The third-order valence-corrected chi connectivity index (χ3v) is 18.0. The fourth-order valence-electron chi connectivity index (χ4n) is 11.6. The standard InChI is InChI=1S/C22H30N2O2.C18H23N3S.C17H22N2.C11H15Br.2C11H16N2O2.C10H18O5.C6H8N2.CH3I/c1-22(2,3)26-21(25)24-20-15-10-14-19(17-20)23-16-9-5-8-13-18-11-6-4-7-12-18;19-18(22)21-17-12-7-11-16(14-17)20-13-6-2-5-10-15-8-3-1-4-9-15;18-16-11-7-12-17(14-16)19-13-6-2-5-10-15-8-3-1-4-9-15;12-10-6-2-5-9-11-7-3-1-4-8-11;2*1-11(2,3)15-10(14)13-9-6-4-5-8(12)7-9;1-9(2,3)14-7(11)13-8(12)15-10(4,5)6;7-5-2-1-3-6(8)4-5;1-2/h4,6-7,10-12,14-15,17,23H,5,8-9,13,16H2,1-3H3,(H,24,25);1,3-4,7-9,11-12,14,20H,2,5-6,10,13H2,(H3,19,21,22);1,3-4,7-9,11-12,14,19H,2,5-6,10,13,18H2;1,3-4,7-8H,2,5-6,9-10H2;2*4-7H,12H2,1-3H3,(H,13,14);1-6H3;1-4H,7-8H2;1H3/i;;;;;;;;1TD. The van der Waals surface area contributed by atoms with Crippen LogP contribution in [0.1, 0.15) is 206 Å². The van der Waals surface area contributed by atoms with E-state index in [4.69, 9.17) is 73.0 Å². The molecule has 0 aromatic heterocycles. The van der Waals surface area contributed by atoms with Gasteiger partial charge in [-0.3, -0.25) is 16.0 Å². The minimum absolute atomic E-state index is 0.290. The van der Waals surface area contributed by atoms with Crippen LogP contribution in [0.3, 0.4) is 0 Å². The van der Waals surface area contributed by atoms with Gasteiger partial charge in [0.1, 0.15) is 28.0 Å². The monoisotopic (exact) mass is 2030 g/mol. The Bertz CT molecular complexity index is 4830. The van der Waals surface area contributed by atoms with Crippen molar-refractivity contribution in [1.29, 1.82) is 0 Å². The number of alkyl halides is 2. The molecule has 0 saturated heterocycles. The van der Waals surface area contributed by atoms with Gasteiger partial charge in [0.2, 0.25) is 0 Å². The maximum atomic E-state index is 11.8. The van der Waals surface area contributed by atoms with Gasteiger partial charge in [0.15, 0.2) is 5.11 Å². The molecule has 1 atom stereocenters. The van der Waals surface area contributed by atoms with Gasteiger partial charge in [-0.1, -0.05) is 222 Å². The average molecular weight is 2040 g/mol. The van der Waals surface area contributed by atoms with Crippen LogP contribution < -0.4 is 71.6 Å². The van der Waals surface area contributed by atoms with Crippen molar-refractivity contribution in [2.24, 2.45) is 5.73 Å². The Kier molecular flexibility index (Phi) is 57.4. The van der Waals surface area contributed by atoms with Crippen molar-refractivity contribution in [3.05, 3.63) is 289 Å². The minimum Gasteiger partial charge on any atom is -0.444 e. The number of hydrogen-bond acceptors (Lipinski definition) is 20. The summed E-state index contributed by atoms with van der Waals surface area (Å²) in [6, 6.07) is 87.3. The van der Waals surface area contributed by atoms with E-state index in [9.17, 15) is 24.0 Å². The summed E-state index contributed by atoms with van der Waals surface area (Å²) in [7, 11) is 0. The number of carbonyl (C=O) groups is 5. The van der Waals surface area contributed by atoms with E-state index in [0.717, 1.165) is 78.4 Å². The molecule has 10 aromatic rings. The van der Waals surface area contributed by atoms with Crippen LogP contribution in [0, 0.1) is 0 Å². The molecule has 10 aromatic carbocycles. The predicted octanol–water partition coefficient (Wildman–Crippen LogP) is 27.9. The number of amides is 3. The Morgan fingerprint density at radius 1 is 0.321 bits per heavy atom. The Morgan fingerprint density at radius 3 is 0.791 bits per heavy atom. The average Bonchev–Trinajstić information content (AvgIpc) is 0.905. The first-order valence-electron chi connectivity index (χ1n) is 46.3.